The van der Waals surface area contributed by atoms with E-state index in [-0.39, 0.29) is 17.0 Å². The van der Waals surface area contributed by atoms with Crippen molar-refractivity contribution < 1.29 is 14.3 Å². The number of esters is 1. The van der Waals surface area contributed by atoms with Crippen molar-refractivity contribution in [2.75, 3.05) is 7.11 Å². The molecule has 4 nitrogen and oxygen atoms in total. The van der Waals surface area contributed by atoms with E-state index in [0.717, 1.165) is 0 Å². The Bertz CT molecular complexity index is 663. The first-order valence-electron chi connectivity index (χ1n) is 5.06. The van der Waals surface area contributed by atoms with E-state index < -0.39 is 5.97 Å². The highest BCUT2D eigenvalue weighted by molar-refractivity contribution is 9.10. The van der Waals surface area contributed by atoms with Crippen LogP contribution in [0.2, 0.25) is 5.02 Å². The minimum Gasteiger partial charge on any atom is -0.464 e. The summed E-state index contributed by atoms with van der Waals surface area (Å²) in [5, 5.41) is 1.07. The molecule has 1 heterocycles. The fraction of sp³-hybridized carbons (Fsp3) is 0.167. The number of rotatable bonds is 2. The molecule has 1 aromatic carbocycles. The number of methoxy groups -OCH3 is 1. The summed E-state index contributed by atoms with van der Waals surface area (Å²) >= 11 is 9.33. The van der Waals surface area contributed by atoms with Gasteiger partial charge < -0.3 is 9.72 Å². The van der Waals surface area contributed by atoms with Crippen LogP contribution in [0.3, 0.4) is 0 Å². The SMILES string of the molecule is COC(=O)c1[nH]c2ccc(Cl)c(Br)c2c1C(C)=O. The van der Waals surface area contributed by atoms with Crippen molar-refractivity contribution >= 4 is 50.2 Å². The Labute approximate surface area is 116 Å². The predicted molar refractivity (Wildman–Crippen MR) is 72.4 cm³/mol. The van der Waals surface area contributed by atoms with Crippen LogP contribution in [-0.2, 0) is 4.74 Å². The highest BCUT2D eigenvalue weighted by atomic mass is 79.9. The number of ether oxygens (including phenoxy) is 1. The summed E-state index contributed by atoms with van der Waals surface area (Å²) < 4.78 is 5.24. The summed E-state index contributed by atoms with van der Waals surface area (Å²) in [6, 6.07) is 3.39. The van der Waals surface area contributed by atoms with Crippen molar-refractivity contribution in [1.29, 1.82) is 0 Å². The molecule has 0 aliphatic heterocycles. The predicted octanol–water partition coefficient (Wildman–Crippen LogP) is 3.57. The second kappa shape index (κ2) is 4.74. The maximum Gasteiger partial charge on any atom is 0.355 e. The molecule has 0 fully saturated rings. The van der Waals surface area contributed by atoms with Gasteiger partial charge in [0.25, 0.3) is 0 Å². The van der Waals surface area contributed by atoms with Crippen LogP contribution in [-0.4, -0.2) is 23.8 Å². The summed E-state index contributed by atoms with van der Waals surface area (Å²) in [7, 11) is 1.26. The van der Waals surface area contributed by atoms with Gasteiger partial charge >= 0.3 is 5.97 Å². The van der Waals surface area contributed by atoms with E-state index in [4.69, 9.17) is 11.6 Å². The van der Waals surface area contributed by atoms with Crippen LogP contribution in [0.25, 0.3) is 10.9 Å². The van der Waals surface area contributed by atoms with Crippen LogP contribution < -0.4 is 0 Å². The molecular formula is C12H9BrClNO3. The van der Waals surface area contributed by atoms with Crippen molar-refractivity contribution in [1.82, 2.24) is 4.98 Å². The normalized spacial score (nSPS) is 10.7. The van der Waals surface area contributed by atoms with Crippen LogP contribution in [0.1, 0.15) is 27.8 Å². The monoisotopic (exact) mass is 329 g/mol. The van der Waals surface area contributed by atoms with Crippen LogP contribution in [0.4, 0.5) is 0 Å². The molecule has 18 heavy (non-hydrogen) atoms. The second-order valence-electron chi connectivity index (χ2n) is 3.71. The minimum absolute atomic E-state index is 0.142. The lowest BCUT2D eigenvalue weighted by Crippen LogP contribution is -2.07. The Morgan fingerprint density at radius 2 is 2.06 bits per heavy atom. The molecule has 94 valence electrons. The molecule has 0 unspecified atom stereocenters. The van der Waals surface area contributed by atoms with Crippen LogP contribution >= 0.6 is 27.5 Å². The molecule has 0 amide bonds. The molecule has 1 N–H and O–H groups in total. The third-order valence-corrected chi connectivity index (χ3v) is 3.96. The average molecular weight is 331 g/mol. The molecular weight excluding hydrogens is 321 g/mol. The lowest BCUT2D eigenvalue weighted by molar-refractivity contribution is 0.0591. The van der Waals surface area contributed by atoms with Crippen LogP contribution in [0.15, 0.2) is 16.6 Å². The summed E-state index contributed by atoms with van der Waals surface area (Å²) in [5.41, 5.74) is 1.08. The summed E-state index contributed by atoms with van der Waals surface area (Å²) in [4.78, 5) is 26.3. The first-order valence-corrected chi connectivity index (χ1v) is 6.23. The number of carbonyl (C=O) groups excluding carboxylic acids is 2. The molecule has 0 radical (unpaired) electrons. The molecule has 0 aliphatic rings. The zero-order chi connectivity index (χ0) is 13.4. The number of Topliss-reactive ketones (excluding diaryl/α,β-unsaturated/α-hetero) is 1. The molecule has 1 aromatic heterocycles. The number of nitrogens with one attached hydrogen (secondary N) is 1. The number of benzene rings is 1. The van der Waals surface area contributed by atoms with Gasteiger partial charge in [0, 0.05) is 15.4 Å². The van der Waals surface area contributed by atoms with Crippen LogP contribution in [0.5, 0.6) is 0 Å². The second-order valence-corrected chi connectivity index (χ2v) is 4.91. The number of fused-ring (bicyclic) bond motifs is 1. The maximum absolute atomic E-state index is 11.7. The largest absolute Gasteiger partial charge is 0.464 e. The zero-order valence-corrected chi connectivity index (χ0v) is 12.0. The lowest BCUT2D eigenvalue weighted by atomic mass is 10.1. The van der Waals surface area contributed by atoms with E-state index in [2.05, 4.69) is 25.7 Å². The van der Waals surface area contributed by atoms with E-state index in [1.165, 1.54) is 14.0 Å². The van der Waals surface area contributed by atoms with Gasteiger partial charge in [-0.05, 0) is 35.0 Å². The highest BCUT2D eigenvalue weighted by Crippen LogP contribution is 2.35. The first kappa shape index (κ1) is 13.1. The van der Waals surface area contributed by atoms with Gasteiger partial charge in [-0.15, -0.1) is 0 Å². The molecule has 0 bridgehead atoms. The zero-order valence-electron chi connectivity index (χ0n) is 9.64. The van der Waals surface area contributed by atoms with E-state index >= 15 is 0 Å². The molecule has 0 aliphatic carbocycles. The number of hydrogen-bond donors (Lipinski definition) is 1. The number of aromatic amines is 1. The van der Waals surface area contributed by atoms with E-state index in [0.29, 0.717) is 20.4 Å². The summed E-state index contributed by atoms with van der Waals surface area (Å²) in [5.74, 6) is -0.816. The average Bonchev–Trinajstić information content (AvgIpc) is 2.73. The van der Waals surface area contributed by atoms with E-state index in [9.17, 15) is 9.59 Å². The number of hydrogen-bond acceptors (Lipinski definition) is 3. The van der Waals surface area contributed by atoms with Gasteiger partial charge in [0.05, 0.1) is 17.7 Å². The number of carbonyl (C=O) groups is 2. The van der Waals surface area contributed by atoms with Gasteiger partial charge in [-0.1, -0.05) is 11.6 Å². The molecule has 2 rings (SSSR count). The maximum atomic E-state index is 11.7. The topological polar surface area (TPSA) is 59.2 Å². The Hall–Kier alpha value is -1.33. The molecule has 0 atom stereocenters. The van der Waals surface area contributed by atoms with Gasteiger partial charge in [-0.25, -0.2) is 4.79 Å². The van der Waals surface area contributed by atoms with Gasteiger partial charge in [-0.2, -0.15) is 0 Å². The van der Waals surface area contributed by atoms with Crippen molar-refractivity contribution in [2.24, 2.45) is 0 Å². The third kappa shape index (κ3) is 1.93. The van der Waals surface area contributed by atoms with E-state index in [1.807, 2.05) is 0 Å². The van der Waals surface area contributed by atoms with Gasteiger partial charge in [0.1, 0.15) is 5.69 Å². The Balaban J connectivity index is 2.90. The molecule has 0 spiro atoms. The van der Waals surface area contributed by atoms with Crippen molar-refractivity contribution in [3.63, 3.8) is 0 Å². The van der Waals surface area contributed by atoms with Crippen molar-refractivity contribution in [3.8, 4) is 0 Å². The Morgan fingerprint density at radius 3 is 2.61 bits per heavy atom. The highest BCUT2D eigenvalue weighted by Gasteiger charge is 2.23. The Morgan fingerprint density at radius 1 is 1.39 bits per heavy atom. The van der Waals surface area contributed by atoms with Crippen molar-refractivity contribution in [3.05, 3.63) is 32.9 Å². The summed E-state index contributed by atoms with van der Waals surface area (Å²) in [6.45, 7) is 1.39. The van der Waals surface area contributed by atoms with Gasteiger partial charge in [0.2, 0.25) is 0 Å². The minimum atomic E-state index is -0.584. The number of H-pyrrole nitrogens is 1. The fourth-order valence-electron chi connectivity index (χ4n) is 1.83. The van der Waals surface area contributed by atoms with Crippen LogP contribution in [0, 0.1) is 0 Å². The fourth-order valence-corrected chi connectivity index (χ4v) is 2.53. The quantitative estimate of drug-likeness (QED) is 0.676. The van der Waals surface area contributed by atoms with Crippen molar-refractivity contribution in [2.45, 2.75) is 6.92 Å². The standard InChI is InChI=1S/C12H9BrClNO3/c1-5(16)8-9-7(4-3-6(14)10(9)13)15-11(8)12(17)18-2/h3-4,15H,1-2H3. The molecule has 0 saturated heterocycles. The molecule has 2 aromatic rings. The smallest absolute Gasteiger partial charge is 0.355 e. The van der Waals surface area contributed by atoms with Gasteiger partial charge in [0.15, 0.2) is 5.78 Å². The lowest BCUT2D eigenvalue weighted by Gasteiger charge is -2.01. The Kier molecular flexibility index (Phi) is 3.45. The number of ketones is 1. The first-order chi connectivity index (χ1) is 8.47. The summed E-state index contributed by atoms with van der Waals surface area (Å²) in [6.07, 6.45) is 0. The third-order valence-electron chi connectivity index (χ3n) is 2.60. The van der Waals surface area contributed by atoms with E-state index in [1.54, 1.807) is 12.1 Å². The number of halogens is 2. The number of aromatic nitrogens is 1. The van der Waals surface area contributed by atoms with Gasteiger partial charge in [-0.3, -0.25) is 4.79 Å². The molecule has 0 saturated carbocycles. The molecule has 6 heteroatoms.